The molecule has 0 bridgehead atoms. The molecule has 92 valence electrons. The van der Waals surface area contributed by atoms with Crippen LogP contribution in [0.15, 0.2) is 24.3 Å². The summed E-state index contributed by atoms with van der Waals surface area (Å²) < 4.78 is 0. The third-order valence-electron chi connectivity index (χ3n) is 3.06. The Balaban J connectivity index is 1.93. The van der Waals surface area contributed by atoms with Crippen LogP contribution in [0.2, 0.25) is 0 Å². The second-order valence-electron chi connectivity index (χ2n) is 4.50. The molecule has 4 nitrogen and oxygen atoms in total. The van der Waals surface area contributed by atoms with Gasteiger partial charge in [0.15, 0.2) is 0 Å². The van der Waals surface area contributed by atoms with Crippen LogP contribution in [-0.2, 0) is 6.54 Å². The van der Waals surface area contributed by atoms with Gasteiger partial charge in [-0.25, -0.2) is 4.79 Å². The quantitative estimate of drug-likeness (QED) is 0.851. The molecule has 0 spiro atoms. The highest BCUT2D eigenvalue weighted by Crippen LogP contribution is 2.14. The number of carbonyl (C=O) groups is 1. The minimum Gasteiger partial charge on any atom is -0.508 e. The molecule has 2 rings (SSSR count). The number of carbonyl (C=O) groups excluding carboxylic acids is 1. The first kappa shape index (κ1) is 11.8. The van der Waals surface area contributed by atoms with Crippen LogP contribution in [0.5, 0.6) is 5.75 Å². The predicted molar refractivity (Wildman–Crippen MR) is 65.8 cm³/mol. The summed E-state index contributed by atoms with van der Waals surface area (Å²) in [7, 11) is 1.81. The Labute approximate surface area is 101 Å². The van der Waals surface area contributed by atoms with E-state index in [0.29, 0.717) is 6.54 Å². The largest absolute Gasteiger partial charge is 0.508 e. The topological polar surface area (TPSA) is 43.8 Å². The molecule has 4 heteroatoms. The number of hydrogen-bond acceptors (Lipinski definition) is 2. The van der Waals surface area contributed by atoms with Gasteiger partial charge in [-0.05, 0) is 30.5 Å². The number of benzene rings is 1. The van der Waals surface area contributed by atoms with Crippen molar-refractivity contribution in [2.24, 2.45) is 0 Å². The van der Waals surface area contributed by atoms with Gasteiger partial charge in [-0.15, -0.1) is 0 Å². The third kappa shape index (κ3) is 2.90. The van der Waals surface area contributed by atoms with Crippen LogP contribution < -0.4 is 0 Å². The number of aromatic hydroxyl groups is 1. The second kappa shape index (κ2) is 5.08. The molecule has 1 saturated heterocycles. The summed E-state index contributed by atoms with van der Waals surface area (Å²) in [6.07, 6.45) is 2.22. The molecule has 1 heterocycles. The number of phenolic OH excluding ortho intramolecular Hbond substituents is 1. The Hall–Kier alpha value is -1.71. The van der Waals surface area contributed by atoms with E-state index in [1.54, 1.807) is 17.0 Å². The zero-order valence-corrected chi connectivity index (χ0v) is 10.1. The van der Waals surface area contributed by atoms with E-state index >= 15 is 0 Å². The van der Waals surface area contributed by atoms with Gasteiger partial charge in [-0.1, -0.05) is 12.1 Å². The van der Waals surface area contributed by atoms with Crippen LogP contribution in [0.4, 0.5) is 4.79 Å². The first-order valence-electron chi connectivity index (χ1n) is 5.95. The van der Waals surface area contributed by atoms with Gasteiger partial charge in [0.05, 0.1) is 0 Å². The minimum absolute atomic E-state index is 0.0931. The molecule has 1 aromatic carbocycles. The van der Waals surface area contributed by atoms with Gasteiger partial charge in [0, 0.05) is 26.7 Å². The van der Waals surface area contributed by atoms with Crippen LogP contribution in [0, 0.1) is 0 Å². The van der Waals surface area contributed by atoms with Crippen molar-refractivity contribution in [3.05, 3.63) is 29.8 Å². The van der Waals surface area contributed by atoms with E-state index in [0.717, 1.165) is 31.5 Å². The molecule has 2 amide bonds. The fourth-order valence-electron chi connectivity index (χ4n) is 2.09. The van der Waals surface area contributed by atoms with Crippen LogP contribution in [0.1, 0.15) is 18.4 Å². The number of likely N-dealkylation sites (tertiary alicyclic amines) is 1. The van der Waals surface area contributed by atoms with Crippen LogP contribution in [-0.4, -0.2) is 41.1 Å². The summed E-state index contributed by atoms with van der Waals surface area (Å²) in [5.74, 6) is 0.252. The van der Waals surface area contributed by atoms with Crippen molar-refractivity contribution in [3.8, 4) is 5.75 Å². The van der Waals surface area contributed by atoms with E-state index in [2.05, 4.69) is 0 Å². The van der Waals surface area contributed by atoms with Gasteiger partial charge >= 0.3 is 6.03 Å². The summed E-state index contributed by atoms with van der Waals surface area (Å²) in [6.45, 7) is 2.33. The maximum absolute atomic E-state index is 12.0. The molecular weight excluding hydrogens is 216 g/mol. The van der Waals surface area contributed by atoms with Crippen LogP contribution >= 0.6 is 0 Å². The SMILES string of the molecule is CN(Cc1ccc(O)cc1)C(=O)N1CCCC1. The molecule has 1 aliphatic rings. The van der Waals surface area contributed by atoms with Crippen LogP contribution in [0.3, 0.4) is 0 Å². The number of nitrogens with zero attached hydrogens (tertiary/aromatic N) is 2. The van der Waals surface area contributed by atoms with E-state index in [9.17, 15) is 9.90 Å². The van der Waals surface area contributed by atoms with Crippen molar-refractivity contribution in [1.29, 1.82) is 0 Å². The molecule has 1 fully saturated rings. The monoisotopic (exact) mass is 234 g/mol. The molecule has 0 saturated carbocycles. The number of phenols is 1. The first-order chi connectivity index (χ1) is 8.16. The summed E-state index contributed by atoms with van der Waals surface area (Å²) >= 11 is 0. The van der Waals surface area contributed by atoms with E-state index in [1.165, 1.54) is 0 Å². The van der Waals surface area contributed by atoms with E-state index < -0.39 is 0 Å². The minimum atomic E-state index is 0.0931. The Morgan fingerprint density at radius 2 is 1.88 bits per heavy atom. The lowest BCUT2D eigenvalue weighted by molar-refractivity contribution is 0.171. The lowest BCUT2D eigenvalue weighted by Crippen LogP contribution is -2.38. The number of amides is 2. The molecule has 0 atom stereocenters. The molecule has 1 aliphatic heterocycles. The highest BCUT2D eigenvalue weighted by Gasteiger charge is 2.20. The van der Waals surface area contributed by atoms with Gasteiger partial charge in [0.1, 0.15) is 5.75 Å². The molecule has 1 N–H and O–H groups in total. The Kier molecular flexibility index (Phi) is 3.52. The lowest BCUT2D eigenvalue weighted by atomic mass is 10.2. The normalized spacial score (nSPS) is 15.0. The summed E-state index contributed by atoms with van der Waals surface area (Å²) in [5, 5.41) is 9.18. The molecule has 17 heavy (non-hydrogen) atoms. The van der Waals surface area contributed by atoms with E-state index in [-0.39, 0.29) is 11.8 Å². The van der Waals surface area contributed by atoms with Crippen molar-refractivity contribution in [2.75, 3.05) is 20.1 Å². The van der Waals surface area contributed by atoms with Crippen LogP contribution in [0.25, 0.3) is 0 Å². The third-order valence-corrected chi connectivity index (χ3v) is 3.06. The van der Waals surface area contributed by atoms with E-state index in [1.807, 2.05) is 24.1 Å². The van der Waals surface area contributed by atoms with Gasteiger partial charge in [-0.2, -0.15) is 0 Å². The first-order valence-corrected chi connectivity index (χ1v) is 5.95. The lowest BCUT2D eigenvalue weighted by Gasteiger charge is -2.24. The summed E-state index contributed by atoms with van der Waals surface area (Å²) in [5.41, 5.74) is 1.03. The number of rotatable bonds is 2. The molecule has 1 aromatic rings. The standard InChI is InChI=1S/C13H18N2O2/c1-14(13(17)15-8-2-3-9-15)10-11-4-6-12(16)7-5-11/h4-7,16H,2-3,8-10H2,1H3. The average molecular weight is 234 g/mol. The van der Waals surface area contributed by atoms with Gasteiger partial charge in [0.25, 0.3) is 0 Å². The molecular formula is C13H18N2O2. The molecule has 0 aromatic heterocycles. The molecule has 0 radical (unpaired) electrons. The summed E-state index contributed by atoms with van der Waals surface area (Å²) in [4.78, 5) is 15.6. The maximum atomic E-state index is 12.0. The maximum Gasteiger partial charge on any atom is 0.320 e. The number of urea groups is 1. The van der Waals surface area contributed by atoms with Crippen molar-refractivity contribution in [2.45, 2.75) is 19.4 Å². The van der Waals surface area contributed by atoms with Gasteiger partial charge < -0.3 is 14.9 Å². The van der Waals surface area contributed by atoms with E-state index in [4.69, 9.17) is 0 Å². The highest BCUT2D eigenvalue weighted by molar-refractivity contribution is 5.74. The Morgan fingerprint density at radius 3 is 2.47 bits per heavy atom. The Morgan fingerprint density at radius 1 is 1.29 bits per heavy atom. The predicted octanol–water partition coefficient (Wildman–Crippen LogP) is 2.04. The smallest absolute Gasteiger partial charge is 0.320 e. The van der Waals surface area contributed by atoms with Crippen molar-refractivity contribution in [3.63, 3.8) is 0 Å². The van der Waals surface area contributed by atoms with Crippen molar-refractivity contribution in [1.82, 2.24) is 9.80 Å². The Bertz CT molecular complexity index is 383. The molecule has 0 aliphatic carbocycles. The molecule has 0 unspecified atom stereocenters. The fourth-order valence-corrected chi connectivity index (χ4v) is 2.09. The second-order valence-corrected chi connectivity index (χ2v) is 4.50. The van der Waals surface area contributed by atoms with Gasteiger partial charge in [-0.3, -0.25) is 0 Å². The highest BCUT2D eigenvalue weighted by atomic mass is 16.3. The number of hydrogen-bond donors (Lipinski definition) is 1. The zero-order valence-electron chi connectivity index (χ0n) is 10.1. The summed E-state index contributed by atoms with van der Waals surface area (Å²) in [6, 6.07) is 7.05. The van der Waals surface area contributed by atoms with Crippen molar-refractivity contribution >= 4 is 6.03 Å². The zero-order chi connectivity index (χ0) is 12.3. The average Bonchev–Trinajstić information content (AvgIpc) is 2.84. The van der Waals surface area contributed by atoms with Gasteiger partial charge in [0.2, 0.25) is 0 Å². The van der Waals surface area contributed by atoms with Crippen molar-refractivity contribution < 1.29 is 9.90 Å². The fraction of sp³-hybridized carbons (Fsp3) is 0.462.